The first-order valence-corrected chi connectivity index (χ1v) is 6.05. The monoisotopic (exact) mass is 256 g/mol. The first kappa shape index (κ1) is 13.8. The summed E-state index contributed by atoms with van der Waals surface area (Å²) in [4.78, 5) is 10.5. The fraction of sp³-hybridized carbons (Fsp3) is 0.364. The van der Waals surface area contributed by atoms with Gasteiger partial charge in [0.25, 0.3) is 0 Å². The molecule has 1 rings (SSSR count). The van der Waals surface area contributed by atoms with Crippen molar-refractivity contribution in [2.45, 2.75) is 20.4 Å². The SMILES string of the molecule is Cc1cc(C)cc(CN(CC(=O)O)S(=O)[O-])c1. The van der Waals surface area contributed by atoms with Crippen LogP contribution in [0.25, 0.3) is 0 Å². The molecule has 1 aromatic carbocycles. The van der Waals surface area contributed by atoms with Crippen LogP contribution in [0, 0.1) is 13.8 Å². The van der Waals surface area contributed by atoms with Gasteiger partial charge in [-0.1, -0.05) is 29.3 Å². The second-order valence-corrected chi connectivity index (χ2v) is 4.86. The van der Waals surface area contributed by atoms with Crippen LogP contribution in [0.5, 0.6) is 0 Å². The Morgan fingerprint density at radius 2 is 1.88 bits per heavy atom. The predicted molar refractivity (Wildman–Crippen MR) is 62.9 cm³/mol. The molecule has 0 fully saturated rings. The van der Waals surface area contributed by atoms with Gasteiger partial charge in [0, 0.05) is 17.8 Å². The molecule has 1 aromatic rings. The molecule has 1 N–H and O–H groups in total. The van der Waals surface area contributed by atoms with E-state index in [0.29, 0.717) is 0 Å². The van der Waals surface area contributed by atoms with Crippen LogP contribution in [-0.2, 0) is 22.6 Å². The summed E-state index contributed by atoms with van der Waals surface area (Å²) in [6.45, 7) is 3.37. The Morgan fingerprint density at radius 3 is 2.29 bits per heavy atom. The lowest BCUT2D eigenvalue weighted by Crippen LogP contribution is -2.31. The first-order valence-electron chi connectivity index (χ1n) is 5.02. The number of rotatable bonds is 5. The van der Waals surface area contributed by atoms with E-state index in [1.165, 1.54) is 0 Å². The Morgan fingerprint density at radius 1 is 1.35 bits per heavy atom. The molecule has 0 saturated carbocycles. The van der Waals surface area contributed by atoms with Crippen molar-refractivity contribution in [1.29, 1.82) is 0 Å². The maximum atomic E-state index is 10.9. The lowest BCUT2D eigenvalue weighted by Gasteiger charge is -2.22. The summed E-state index contributed by atoms with van der Waals surface area (Å²) >= 11 is -2.54. The molecule has 5 nitrogen and oxygen atoms in total. The maximum Gasteiger partial charge on any atom is 0.318 e. The lowest BCUT2D eigenvalue weighted by molar-refractivity contribution is -0.137. The minimum Gasteiger partial charge on any atom is -0.760 e. The van der Waals surface area contributed by atoms with Gasteiger partial charge in [-0.2, -0.15) is 0 Å². The van der Waals surface area contributed by atoms with E-state index < -0.39 is 23.8 Å². The third-order valence-corrected chi connectivity index (χ3v) is 2.84. The molecule has 0 heterocycles. The molecule has 94 valence electrons. The van der Waals surface area contributed by atoms with Crippen LogP contribution < -0.4 is 0 Å². The molecule has 0 aromatic heterocycles. The van der Waals surface area contributed by atoms with Crippen molar-refractivity contribution in [2.75, 3.05) is 6.54 Å². The topological polar surface area (TPSA) is 80.7 Å². The van der Waals surface area contributed by atoms with E-state index in [4.69, 9.17) is 5.11 Å². The largest absolute Gasteiger partial charge is 0.760 e. The number of carbonyl (C=O) groups is 1. The Labute approximate surface area is 102 Å². The molecule has 17 heavy (non-hydrogen) atoms. The number of nitrogens with zero attached hydrogens (tertiary/aromatic N) is 1. The lowest BCUT2D eigenvalue weighted by atomic mass is 10.1. The zero-order valence-corrected chi connectivity index (χ0v) is 10.5. The van der Waals surface area contributed by atoms with Crippen LogP contribution in [0.1, 0.15) is 16.7 Å². The molecular weight excluding hydrogens is 242 g/mol. The van der Waals surface area contributed by atoms with Gasteiger partial charge in [-0.15, -0.1) is 0 Å². The quantitative estimate of drug-likeness (QED) is 0.796. The fourth-order valence-corrected chi connectivity index (χ4v) is 2.15. The smallest absolute Gasteiger partial charge is 0.318 e. The molecule has 0 aliphatic rings. The molecule has 0 spiro atoms. The van der Waals surface area contributed by atoms with Gasteiger partial charge in [0.15, 0.2) is 0 Å². The van der Waals surface area contributed by atoms with E-state index in [1.54, 1.807) is 0 Å². The molecule has 0 radical (unpaired) electrons. The fourth-order valence-electron chi connectivity index (χ4n) is 1.68. The normalized spacial score (nSPS) is 12.7. The van der Waals surface area contributed by atoms with E-state index in [-0.39, 0.29) is 6.54 Å². The average Bonchev–Trinajstić information content (AvgIpc) is 2.13. The number of carboxylic acid groups (broad SMARTS) is 1. The van der Waals surface area contributed by atoms with Crippen molar-refractivity contribution in [2.24, 2.45) is 0 Å². The van der Waals surface area contributed by atoms with Crippen molar-refractivity contribution >= 4 is 17.2 Å². The Hall–Kier alpha value is -1.24. The third-order valence-electron chi connectivity index (χ3n) is 2.16. The summed E-state index contributed by atoms with van der Waals surface area (Å²) in [6.07, 6.45) is 0. The Kier molecular flexibility index (Phi) is 4.80. The molecule has 0 bridgehead atoms. The van der Waals surface area contributed by atoms with Gasteiger partial charge < -0.3 is 9.66 Å². The van der Waals surface area contributed by atoms with Gasteiger partial charge in [-0.3, -0.25) is 9.00 Å². The van der Waals surface area contributed by atoms with E-state index in [9.17, 15) is 13.6 Å². The second-order valence-electron chi connectivity index (χ2n) is 3.90. The van der Waals surface area contributed by atoms with Gasteiger partial charge in [-0.25, -0.2) is 4.31 Å². The van der Waals surface area contributed by atoms with E-state index >= 15 is 0 Å². The summed E-state index contributed by atoms with van der Waals surface area (Å²) in [7, 11) is 0. The van der Waals surface area contributed by atoms with E-state index in [0.717, 1.165) is 21.0 Å². The van der Waals surface area contributed by atoms with Gasteiger partial charge in [0.05, 0.1) is 0 Å². The van der Waals surface area contributed by atoms with Crippen LogP contribution in [0.3, 0.4) is 0 Å². The number of aryl methyl sites for hydroxylation is 2. The van der Waals surface area contributed by atoms with E-state index in [2.05, 4.69) is 0 Å². The van der Waals surface area contributed by atoms with Crippen LogP contribution in [-0.4, -0.2) is 30.7 Å². The molecule has 6 heteroatoms. The molecule has 1 unspecified atom stereocenters. The van der Waals surface area contributed by atoms with Gasteiger partial charge >= 0.3 is 5.97 Å². The van der Waals surface area contributed by atoms with Crippen LogP contribution >= 0.6 is 0 Å². The summed E-state index contributed by atoms with van der Waals surface area (Å²) < 4.78 is 22.6. The van der Waals surface area contributed by atoms with Crippen LogP contribution in [0.2, 0.25) is 0 Å². The number of carboxylic acids is 1. The zero-order valence-electron chi connectivity index (χ0n) is 9.67. The number of hydrogen-bond acceptors (Lipinski definition) is 3. The standard InChI is InChI=1S/C11H15NO4S/c1-8-3-9(2)5-10(4-8)6-12(17(15)16)7-11(13)14/h3-5H,6-7H2,1-2H3,(H,13,14)(H,15,16)/p-1. The first-order chi connectivity index (χ1) is 7.88. The van der Waals surface area contributed by atoms with Crippen molar-refractivity contribution in [3.05, 3.63) is 34.9 Å². The van der Waals surface area contributed by atoms with Gasteiger partial charge in [-0.05, 0) is 19.4 Å². The zero-order chi connectivity index (χ0) is 13.0. The van der Waals surface area contributed by atoms with Crippen molar-refractivity contribution in [3.8, 4) is 0 Å². The van der Waals surface area contributed by atoms with Crippen LogP contribution in [0.15, 0.2) is 18.2 Å². The summed E-state index contributed by atoms with van der Waals surface area (Å²) in [6, 6.07) is 5.66. The Bertz CT molecular complexity index is 427. The molecule has 0 saturated heterocycles. The predicted octanol–water partition coefficient (Wildman–Crippen LogP) is 0.984. The molecule has 1 atom stereocenters. The minimum absolute atomic E-state index is 0.0743. The number of benzene rings is 1. The second kappa shape index (κ2) is 5.90. The summed E-state index contributed by atoms with van der Waals surface area (Å²) in [5.74, 6) is -1.17. The average molecular weight is 256 g/mol. The van der Waals surface area contributed by atoms with E-state index in [1.807, 2.05) is 32.0 Å². The van der Waals surface area contributed by atoms with Crippen molar-refractivity contribution in [1.82, 2.24) is 4.31 Å². The van der Waals surface area contributed by atoms with Gasteiger partial charge in [0.2, 0.25) is 0 Å². The molecular formula is C11H14NO4S-. The maximum absolute atomic E-state index is 10.9. The van der Waals surface area contributed by atoms with Crippen molar-refractivity contribution in [3.63, 3.8) is 0 Å². The van der Waals surface area contributed by atoms with Crippen molar-refractivity contribution < 1.29 is 18.7 Å². The van der Waals surface area contributed by atoms with Crippen LogP contribution in [0.4, 0.5) is 0 Å². The highest BCUT2D eigenvalue weighted by atomic mass is 32.2. The number of aliphatic carboxylic acids is 1. The number of hydrogen-bond donors (Lipinski definition) is 1. The highest BCUT2D eigenvalue weighted by molar-refractivity contribution is 7.76. The minimum atomic E-state index is -2.54. The summed E-state index contributed by atoms with van der Waals surface area (Å²) in [5.41, 5.74) is 2.83. The molecule has 0 amide bonds. The Balaban J connectivity index is 2.85. The van der Waals surface area contributed by atoms with Gasteiger partial charge in [0.1, 0.15) is 6.54 Å². The molecule has 0 aliphatic carbocycles. The molecule has 0 aliphatic heterocycles. The third kappa shape index (κ3) is 4.64. The highest BCUT2D eigenvalue weighted by Gasteiger charge is 2.11. The summed E-state index contributed by atoms with van der Waals surface area (Å²) in [5, 5.41) is 8.60. The highest BCUT2D eigenvalue weighted by Crippen LogP contribution is 2.12.